The van der Waals surface area contributed by atoms with E-state index in [1.807, 2.05) is 53.4 Å². The van der Waals surface area contributed by atoms with Crippen LogP contribution in [0.1, 0.15) is 41.3 Å². The van der Waals surface area contributed by atoms with Crippen molar-refractivity contribution < 1.29 is 19.0 Å². The van der Waals surface area contributed by atoms with Crippen molar-refractivity contribution in [1.29, 1.82) is 0 Å². The summed E-state index contributed by atoms with van der Waals surface area (Å²) < 4.78 is 16.8. The van der Waals surface area contributed by atoms with Crippen molar-refractivity contribution in [2.24, 2.45) is 0 Å². The first-order chi connectivity index (χ1) is 14.3. The molecule has 0 aliphatic carbocycles. The number of para-hydroxylation sites is 1. The fourth-order valence-electron chi connectivity index (χ4n) is 3.91. The molecule has 0 radical (unpaired) electrons. The van der Waals surface area contributed by atoms with Gasteiger partial charge in [0.15, 0.2) is 0 Å². The Balaban J connectivity index is 1.55. The van der Waals surface area contributed by atoms with E-state index in [4.69, 9.17) is 14.2 Å². The number of carbonyl (C=O) groups is 1. The third-order valence-corrected chi connectivity index (χ3v) is 5.40. The number of amides is 1. The lowest BCUT2D eigenvalue weighted by Crippen LogP contribution is -2.43. The first-order valence-corrected chi connectivity index (χ1v) is 10.3. The maximum atomic E-state index is 13.2. The number of hydrogen-bond donors (Lipinski definition) is 1. The molecule has 1 amide bonds. The molecule has 2 aromatic carbocycles. The van der Waals surface area contributed by atoms with Gasteiger partial charge in [-0.05, 0) is 49.1 Å². The number of carbonyl (C=O) groups excluding carboxylic acids is 1. The van der Waals surface area contributed by atoms with Gasteiger partial charge >= 0.3 is 0 Å². The molecule has 2 aliphatic rings. The van der Waals surface area contributed by atoms with Crippen LogP contribution in [0.25, 0.3) is 0 Å². The lowest BCUT2D eigenvalue weighted by molar-refractivity contribution is 0.0655. The second-order valence-corrected chi connectivity index (χ2v) is 7.46. The van der Waals surface area contributed by atoms with Crippen LogP contribution in [-0.2, 0) is 9.47 Å². The van der Waals surface area contributed by atoms with Crippen LogP contribution in [0.3, 0.4) is 0 Å². The zero-order chi connectivity index (χ0) is 20.1. The highest BCUT2D eigenvalue weighted by atomic mass is 16.5. The first-order valence-electron chi connectivity index (χ1n) is 10.3. The number of fused-ring (bicyclic) bond motifs is 1. The Morgan fingerprint density at radius 3 is 2.93 bits per heavy atom. The Hall–Kier alpha value is -2.57. The van der Waals surface area contributed by atoms with Gasteiger partial charge in [0.25, 0.3) is 5.91 Å². The third-order valence-electron chi connectivity index (χ3n) is 5.40. The van der Waals surface area contributed by atoms with E-state index in [0.717, 1.165) is 42.9 Å². The van der Waals surface area contributed by atoms with Gasteiger partial charge in [0, 0.05) is 32.6 Å². The number of benzene rings is 2. The first kappa shape index (κ1) is 19.7. The molecule has 0 spiro atoms. The molecular formula is C23H28N2O4. The molecule has 2 atom stereocenters. The SMILES string of the molecule is COCCCN1C(=O)c2ccccc2NC1c1cccc(OCC2CCCO2)c1. The summed E-state index contributed by atoms with van der Waals surface area (Å²) in [5.41, 5.74) is 2.55. The number of nitrogens with one attached hydrogen (secondary N) is 1. The van der Waals surface area contributed by atoms with E-state index >= 15 is 0 Å². The van der Waals surface area contributed by atoms with Crippen LogP contribution < -0.4 is 10.1 Å². The molecule has 2 aromatic rings. The molecule has 2 heterocycles. The largest absolute Gasteiger partial charge is 0.491 e. The average molecular weight is 396 g/mol. The Morgan fingerprint density at radius 2 is 2.10 bits per heavy atom. The highest BCUT2D eigenvalue weighted by Gasteiger charge is 2.32. The second-order valence-electron chi connectivity index (χ2n) is 7.46. The van der Waals surface area contributed by atoms with E-state index in [1.165, 1.54) is 0 Å². The quantitative estimate of drug-likeness (QED) is 0.687. The summed E-state index contributed by atoms with van der Waals surface area (Å²) in [5, 5.41) is 3.53. The fourth-order valence-corrected chi connectivity index (χ4v) is 3.91. The van der Waals surface area contributed by atoms with Crippen LogP contribution in [0, 0.1) is 0 Å². The van der Waals surface area contributed by atoms with Crippen molar-refractivity contribution in [2.75, 3.05) is 38.8 Å². The van der Waals surface area contributed by atoms with Crippen molar-refractivity contribution in [2.45, 2.75) is 31.5 Å². The van der Waals surface area contributed by atoms with Crippen LogP contribution in [-0.4, -0.2) is 50.4 Å². The number of anilines is 1. The predicted octanol–water partition coefficient (Wildman–Crippen LogP) is 3.85. The zero-order valence-corrected chi connectivity index (χ0v) is 16.8. The Morgan fingerprint density at radius 1 is 1.21 bits per heavy atom. The number of methoxy groups -OCH3 is 1. The summed E-state index contributed by atoms with van der Waals surface area (Å²) in [6.07, 6.45) is 2.84. The highest BCUT2D eigenvalue weighted by molar-refractivity contribution is 6.01. The number of rotatable bonds is 8. The minimum atomic E-state index is -0.250. The third kappa shape index (κ3) is 4.54. The van der Waals surface area contributed by atoms with Gasteiger partial charge in [0.2, 0.25) is 0 Å². The maximum Gasteiger partial charge on any atom is 0.257 e. The number of nitrogens with zero attached hydrogens (tertiary/aromatic N) is 1. The van der Waals surface area contributed by atoms with Crippen LogP contribution >= 0.6 is 0 Å². The summed E-state index contributed by atoms with van der Waals surface area (Å²) in [4.78, 5) is 15.1. The molecule has 1 fully saturated rings. The van der Waals surface area contributed by atoms with Crippen LogP contribution in [0.4, 0.5) is 5.69 Å². The van der Waals surface area contributed by atoms with Gasteiger partial charge < -0.3 is 24.4 Å². The molecule has 0 bridgehead atoms. The molecule has 1 N–H and O–H groups in total. The zero-order valence-electron chi connectivity index (χ0n) is 16.8. The van der Waals surface area contributed by atoms with E-state index in [2.05, 4.69) is 5.32 Å². The Kier molecular flexibility index (Phi) is 6.32. The van der Waals surface area contributed by atoms with Crippen LogP contribution in [0.2, 0.25) is 0 Å². The van der Waals surface area contributed by atoms with E-state index in [9.17, 15) is 4.79 Å². The smallest absolute Gasteiger partial charge is 0.257 e. The van der Waals surface area contributed by atoms with Crippen molar-refractivity contribution in [3.8, 4) is 5.75 Å². The number of hydrogen-bond acceptors (Lipinski definition) is 5. The Bertz CT molecular complexity index is 835. The lowest BCUT2D eigenvalue weighted by Gasteiger charge is -2.38. The van der Waals surface area contributed by atoms with Crippen molar-refractivity contribution in [1.82, 2.24) is 4.90 Å². The van der Waals surface area contributed by atoms with E-state index in [1.54, 1.807) is 7.11 Å². The van der Waals surface area contributed by atoms with Gasteiger partial charge in [-0.25, -0.2) is 0 Å². The predicted molar refractivity (Wildman–Crippen MR) is 111 cm³/mol. The normalized spacial score (nSPS) is 21.0. The van der Waals surface area contributed by atoms with Crippen molar-refractivity contribution in [3.63, 3.8) is 0 Å². The van der Waals surface area contributed by atoms with Crippen molar-refractivity contribution in [3.05, 3.63) is 59.7 Å². The summed E-state index contributed by atoms with van der Waals surface area (Å²) in [7, 11) is 1.68. The molecule has 6 nitrogen and oxygen atoms in total. The standard InChI is InChI=1S/C23H28N2O4/c1-27-13-6-12-25-22(24-21-11-3-2-10-20(21)23(25)26)17-7-4-8-18(15-17)29-16-19-9-5-14-28-19/h2-4,7-8,10-11,15,19,22,24H,5-6,9,12-14,16H2,1H3. The molecule has 154 valence electrons. The summed E-state index contributed by atoms with van der Waals surface area (Å²) in [6, 6.07) is 15.6. The van der Waals surface area contributed by atoms with Crippen molar-refractivity contribution >= 4 is 11.6 Å². The maximum absolute atomic E-state index is 13.2. The van der Waals surface area contributed by atoms with E-state index in [0.29, 0.717) is 25.3 Å². The number of ether oxygens (including phenoxy) is 3. The molecule has 0 saturated carbocycles. The van der Waals surface area contributed by atoms with Gasteiger partial charge in [-0.15, -0.1) is 0 Å². The molecule has 1 saturated heterocycles. The summed E-state index contributed by atoms with van der Waals surface area (Å²) >= 11 is 0. The van der Waals surface area contributed by atoms with Gasteiger partial charge in [-0.1, -0.05) is 24.3 Å². The second kappa shape index (κ2) is 9.29. The minimum absolute atomic E-state index is 0.0335. The summed E-state index contributed by atoms with van der Waals surface area (Å²) in [5.74, 6) is 0.828. The molecule has 2 aliphatic heterocycles. The van der Waals surface area contributed by atoms with Gasteiger partial charge in [-0.2, -0.15) is 0 Å². The van der Waals surface area contributed by atoms with E-state index in [-0.39, 0.29) is 18.2 Å². The highest BCUT2D eigenvalue weighted by Crippen LogP contribution is 2.34. The van der Waals surface area contributed by atoms with Gasteiger partial charge in [-0.3, -0.25) is 4.79 Å². The van der Waals surface area contributed by atoms with Gasteiger partial charge in [0.1, 0.15) is 18.5 Å². The topological polar surface area (TPSA) is 60.0 Å². The Labute approximate surface area is 171 Å². The molecule has 4 rings (SSSR count). The molecule has 0 aromatic heterocycles. The minimum Gasteiger partial charge on any atom is -0.491 e. The van der Waals surface area contributed by atoms with E-state index < -0.39 is 0 Å². The van der Waals surface area contributed by atoms with Crippen LogP contribution in [0.15, 0.2) is 48.5 Å². The molecule has 29 heavy (non-hydrogen) atoms. The molecule has 2 unspecified atom stereocenters. The summed E-state index contributed by atoms with van der Waals surface area (Å²) in [6.45, 7) is 2.60. The average Bonchev–Trinajstić information content (AvgIpc) is 3.28. The monoisotopic (exact) mass is 396 g/mol. The fraction of sp³-hybridized carbons (Fsp3) is 0.435. The van der Waals surface area contributed by atoms with Crippen LogP contribution in [0.5, 0.6) is 5.75 Å². The molecular weight excluding hydrogens is 368 g/mol. The molecule has 6 heteroatoms. The van der Waals surface area contributed by atoms with Gasteiger partial charge in [0.05, 0.1) is 11.7 Å². The lowest BCUT2D eigenvalue weighted by atomic mass is 10.0.